The van der Waals surface area contributed by atoms with E-state index in [4.69, 9.17) is 16.3 Å². The van der Waals surface area contributed by atoms with Gasteiger partial charge in [-0.05, 0) is 83.4 Å². The minimum atomic E-state index is -0.140. The Bertz CT molecular complexity index is 1060. The number of hydrogen-bond donors (Lipinski definition) is 4. The topological polar surface area (TPSA) is 105 Å². The van der Waals surface area contributed by atoms with Crippen LogP contribution in [0.25, 0.3) is 0 Å². The highest BCUT2D eigenvalue weighted by Crippen LogP contribution is 2.38. The van der Waals surface area contributed by atoms with Crippen molar-refractivity contribution in [3.8, 4) is 0 Å². The van der Waals surface area contributed by atoms with Crippen LogP contribution in [-0.4, -0.2) is 11.6 Å². The van der Waals surface area contributed by atoms with Crippen molar-refractivity contribution in [2.45, 2.75) is 30.2 Å². The molecule has 0 aliphatic heterocycles. The molecule has 1 amide bonds. The molecule has 1 aliphatic carbocycles. The highest BCUT2D eigenvalue weighted by atomic mass is 32.2. The lowest BCUT2D eigenvalue weighted by atomic mass is 9.77. The van der Waals surface area contributed by atoms with Crippen LogP contribution in [0, 0.1) is 11.3 Å². The van der Waals surface area contributed by atoms with E-state index in [1.165, 1.54) is 6.42 Å². The van der Waals surface area contributed by atoms with Crippen molar-refractivity contribution >= 4 is 40.6 Å². The number of nitrogen functional groups attached to an aromatic ring is 1. The first-order chi connectivity index (χ1) is 14.6. The third kappa shape index (κ3) is 4.28. The van der Waals surface area contributed by atoms with Gasteiger partial charge in [-0.3, -0.25) is 15.3 Å². The fourth-order valence-electron chi connectivity index (χ4n) is 3.72. The standard InChI is InChI=1S/C23H24N4OS2/c24-20-8-7-16(12-19(20)21(25)15-5-2-6-18(11-15)30-26)23(28)27-22(14-3-1-4-14)17-9-10-29-13-17/h2,5-14,22,25H,1,3-4,24,26H2,(H,27,28). The molecule has 30 heavy (non-hydrogen) atoms. The van der Waals surface area contributed by atoms with Gasteiger partial charge in [-0.15, -0.1) is 0 Å². The van der Waals surface area contributed by atoms with Gasteiger partial charge in [0, 0.05) is 27.3 Å². The SMILES string of the molecule is N=C(c1cccc(SN)c1)c1cc(C(=O)NC(c2ccsc2)C2CCC2)ccc1N. The molecule has 1 aromatic heterocycles. The smallest absolute Gasteiger partial charge is 0.251 e. The zero-order valence-corrected chi connectivity index (χ0v) is 18.1. The van der Waals surface area contributed by atoms with Crippen molar-refractivity contribution in [1.29, 1.82) is 5.41 Å². The fourth-order valence-corrected chi connectivity index (χ4v) is 4.77. The molecule has 5 nitrogen and oxygen atoms in total. The number of rotatable bonds is 7. The van der Waals surface area contributed by atoms with Crippen molar-refractivity contribution < 1.29 is 4.79 Å². The zero-order chi connectivity index (χ0) is 21.1. The molecule has 0 radical (unpaired) electrons. The van der Waals surface area contributed by atoms with Crippen LogP contribution < -0.4 is 16.2 Å². The lowest BCUT2D eigenvalue weighted by molar-refractivity contribution is 0.0901. The summed E-state index contributed by atoms with van der Waals surface area (Å²) < 4.78 is 0. The Morgan fingerprint density at radius 1 is 1.17 bits per heavy atom. The minimum Gasteiger partial charge on any atom is -0.398 e. The molecule has 0 saturated heterocycles. The van der Waals surface area contributed by atoms with Crippen LogP contribution in [0.3, 0.4) is 0 Å². The molecule has 1 saturated carbocycles. The lowest BCUT2D eigenvalue weighted by Crippen LogP contribution is -2.36. The van der Waals surface area contributed by atoms with E-state index in [9.17, 15) is 4.79 Å². The summed E-state index contributed by atoms with van der Waals surface area (Å²) in [6.45, 7) is 0. The molecule has 6 N–H and O–H groups in total. The average molecular weight is 437 g/mol. The third-order valence-corrected chi connectivity index (χ3v) is 6.88. The zero-order valence-electron chi connectivity index (χ0n) is 16.4. The summed E-state index contributed by atoms with van der Waals surface area (Å²) in [6, 6.07) is 14.7. The van der Waals surface area contributed by atoms with E-state index in [2.05, 4.69) is 16.8 Å². The van der Waals surface area contributed by atoms with Crippen molar-refractivity contribution in [1.82, 2.24) is 5.32 Å². The van der Waals surface area contributed by atoms with Crippen molar-refractivity contribution in [3.63, 3.8) is 0 Å². The summed E-state index contributed by atoms with van der Waals surface area (Å²) in [4.78, 5) is 13.9. The average Bonchev–Trinajstić information content (AvgIpc) is 3.26. The first-order valence-corrected chi connectivity index (χ1v) is 11.7. The van der Waals surface area contributed by atoms with Gasteiger partial charge in [0.05, 0.1) is 11.8 Å². The highest BCUT2D eigenvalue weighted by Gasteiger charge is 2.30. The van der Waals surface area contributed by atoms with E-state index in [-0.39, 0.29) is 17.7 Å². The monoisotopic (exact) mass is 436 g/mol. The Morgan fingerprint density at radius 3 is 2.67 bits per heavy atom. The number of carbonyl (C=O) groups excluding carboxylic acids is 1. The number of thiophene rings is 1. The van der Waals surface area contributed by atoms with Crippen molar-refractivity contribution in [2.24, 2.45) is 11.1 Å². The van der Waals surface area contributed by atoms with E-state index < -0.39 is 0 Å². The van der Waals surface area contributed by atoms with Gasteiger partial charge < -0.3 is 11.1 Å². The molecular formula is C23H24N4OS2. The minimum absolute atomic E-state index is 0.0243. The van der Waals surface area contributed by atoms with Gasteiger partial charge in [0.25, 0.3) is 5.91 Å². The maximum absolute atomic E-state index is 13.1. The normalized spacial score (nSPS) is 14.7. The van der Waals surface area contributed by atoms with Crippen molar-refractivity contribution in [2.75, 3.05) is 5.73 Å². The second-order valence-electron chi connectivity index (χ2n) is 7.52. The second kappa shape index (κ2) is 9.04. The van der Waals surface area contributed by atoms with Gasteiger partial charge >= 0.3 is 0 Å². The Kier molecular flexibility index (Phi) is 6.22. The van der Waals surface area contributed by atoms with Crippen LogP contribution in [-0.2, 0) is 0 Å². The second-order valence-corrected chi connectivity index (χ2v) is 9.01. The third-order valence-electron chi connectivity index (χ3n) is 5.65. The molecule has 1 unspecified atom stereocenters. The molecule has 0 bridgehead atoms. The summed E-state index contributed by atoms with van der Waals surface area (Å²) in [5, 5.41) is 21.6. The van der Waals surface area contributed by atoms with Gasteiger partial charge in [-0.25, -0.2) is 0 Å². The summed E-state index contributed by atoms with van der Waals surface area (Å²) in [5.41, 5.74) is 9.81. The van der Waals surface area contributed by atoms with Crippen LogP contribution in [0.4, 0.5) is 5.69 Å². The largest absolute Gasteiger partial charge is 0.398 e. The predicted octanol–water partition coefficient (Wildman–Crippen LogP) is 4.98. The summed E-state index contributed by atoms with van der Waals surface area (Å²) in [7, 11) is 0. The Hall–Kier alpha value is -2.61. The lowest BCUT2D eigenvalue weighted by Gasteiger charge is -2.34. The quantitative estimate of drug-likeness (QED) is 0.238. The summed E-state index contributed by atoms with van der Waals surface area (Å²) >= 11 is 2.78. The van der Waals surface area contributed by atoms with Gasteiger partial charge in [0.15, 0.2) is 0 Å². The molecular weight excluding hydrogens is 412 g/mol. The molecule has 1 atom stereocenters. The molecule has 3 aromatic rings. The van der Waals surface area contributed by atoms with E-state index in [0.29, 0.717) is 28.3 Å². The van der Waals surface area contributed by atoms with Crippen LogP contribution in [0.2, 0.25) is 0 Å². The van der Waals surface area contributed by atoms with Crippen LogP contribution in [0.5, 0.6) is 0 Å². The number of carbonyl (C=O) groups is 1. The number of hydrogen-bond acceptors (Lipinski definition) is 6. The Labute approximate surface area is 184 Å². The highest BCUT2D eigenvalue weighted by molar-refractivity contribution is 7.97. The fraction of sp³-hybridized carbons (Fsp3) is 0.217. The maximum atomic E-state index is 13.1. The molecule has 1 heterocycles. The molecule has 1 fully saturated rings. The van der Waals surface area contributed by atoms with Crippen LogP contribution in [0.15, 0.2) is 64.2 Å². The molecule has 7 heteroatoms. The first kappa shape index (κ1) is 20.7. The Morgan fingerprint density at radius 2 is 2.00 bits per heavy atom. The Balaban J connectivity index is 1.59. The molecule has 2 aromatic carbocycles. The number of benzene rings is 2. The van der Waals surface area contributed by atoms with Crippen LogP contribution >= 0.6 is 23.3 Å². The molecule has 1 aliphatic rings. The summed E-state index contributed by atoms with van der Waals surface area (Å²) in [6.07, 6.45) is 3.48. The van der Waals surface area contributed by atoms with E-state index in [1.54, 1.807) is 29.5 Å². The van der Waals surface area contributed by atoms with Gasteiger partial charge in [0.1, 0.15) is 0 Å². The van der Waals surface area contributed by atoms with E-state index >= 15 is 0 Å². The van der Waals surface area contributed by atoms with E-state index in [1.807, 2.05) is 29.6 Å². The maximum Gasteiger partial charge on any atom is 0.251 e. The first-order valence-electron chi connectivity index (χ1n) is 9.85. The number of nitrogens with one attached hydrogen (secondary N) is 2. The molecule has 0 spiro atoms. The van der Waals surface area contributed by atoms with Crippen LogP contribution in [0.1, 0.15) is 52.4 Å². The predicted molar refractivity (Wildman–Crippen MR) is 125 cm³/mol. The number of amides is 1. The molecule has 154 valence electrons. The van der Waals surface area contributed by atoms with Gasteiger partial charge in [-0.1, -0.05) is 18.6 Å². The number of anilines is 1. The van der Waals surface area contributed by atoms with Crippen molar-refractivity contribution in [3.05, 3.63) is 81.5 Å². The van der Waals surface area contributed by atoms with Gasteiger partial charge in [0.2, 0.25) is 0 Å². The summed E-state index contributed by atoms with van der Waals surface area (Å²) in [5.74, 6) is 0.338. The van der Waals surface area contributed by atoms with Gasteiger partial charge in [-0.2, -0.15) is 11.3 Å². The number of nitrogens with two attached hydrogens (primary N) is 2. The van der Waals surface area contributed by atoms with E-state index in [0.717, 1.165) is 35.2 Å². The molecule has 4 rings (SSSR count).